The molecule has 1 aromatic heterocycles. The third-order valence-corrected chi connectivity index (χ3v) is 3.57. The first-order valence-corrected chi connectivity index (χ1v) is 7.11. The van der Waals surface area contributed by atoms with E-state index < -0.39 is 6.36 Å². The summed E-state index contributed by atoms with van der Waals surface area (Å²) in [6.45, 7) is 0.0141. The third-order valence-electron chi connectivity index (χ3n) is 2.64. The number of aliphatic hydroxyl groups excluding tert-OH is 1. The summed E-state index contributed by atoms with van der Waals surface area (Å²) in [7, 11) is 0. The van der Waals surface area contributed by atoms with Crippen LogP contribution in [0.15, 0.2) is 35.7 Å². The van der Waals surface area contributed by atoms with Gasteiger partial charge in [-0.2, -0.15) is 0 Å². The topological polar surface area (TPSA) is 58.6 Å². The number of rotatable bonds is 5. The van der Waals surface area contributed by atoms with Crippen molar-refractivity contribution in [2.45, 2.75) is 6.36 Å². The minimum atomic E-state index is -4.72. The number of benzene rings is 1. The Hall–Kier alpha value is -2.06. The summed E-state index contributed by atoms with van der Waals surface area (Å²) >= 11 is 1.21. The molecule has 2 rings (SSSR count). The molecule has 1 heterocycles. The first-order chi connectivity index (χ1) is 10.4. The Kier molecular flexibility index (Phi) is 5.04. The predicted octanol–water partition coefficient (Wildman–Crippen LogP) is 3.04. The molecule has 22 heavy (non-hydrogen) atoms. The van der Waals surface area contributed by atoms with Crippen LogP contribution in [0, 0.1) is 0 Å². The lowest BCUT2D eigenvalue weighted by atomic mass is 10.1. The van der Waals surface area contributed by atoms with Crippen molar-refractivity contribution < 1.29 is 27.8 Å². The Balaban J connectivity index is 2.09. The number of nitrogens with one attached hydrogen (secondary N) is 1. The molecule has 0 atom stereocenters. The van der Waals surface area contributed by atoms with Crippen LogP contribution in [0.5, 0.6) is 5.75 Å². The molecule has 0 bridgehead atoms. The van der Waals surface area contributed by atoms with Crippen LogP contribution in [0.3, 0.4) is 0 Å². The van der Waals surface area contributed by atoms with Gasteiger partial charge < -0.3 is 15.2 Å². The van der Waals surface area contributed by atoms with Gasteiger partial charge in [0.15, 0.2) is 0 Å². The van der Waals surface area contributed by atoms with Crippen molar-refractivity contribution in [1.29, 1.82) is 0 Å². The number of alkyl halides is 3. The second kappa shape index (κ2) is 6.80. The van der Waals surface area contributed by atoms with E-state index in [1.807, 2.05) is 0 Å². The van der Waals surface area contributed by atoms with Crippen LogP contribution in [-0.4, -0.2) is 30.5 Å². The number of thiophene rings is 1. The van der Waals surface area contributed by atoms with Crippen LogP contribution in [-0.2, 0) is 0 Å². The van der Waals surface area contributed by atoms with Gasteiger partial charge in [0.05, 0.1) is 11.5 Å². The summed E-state index contributed by atoms with van der Waals surface area (Å²) in [5.41, 5.74) is 1.39. The van der Waals surface area contributed by atoms with Crippen LogP contribution in [0.2, 0.25) is 0 Å². The number of halogens is 3. The second-order valence-corrected chi connectivity index (χ2v) is 5.16. The Bertz CT molecular complexity index is 638. The molecule has 0 fully saturated rings. The monoisotopic (exact) mass is 331 g/mol. The molecule has 1 aromatic carbocycles. The molecule has 0 radical (unpaired) electrons. The highest BCUT2D eigenvalue weighted by atomic mass is 32.1. The fourth-order valence-electron chi connectivity index (χ4n) is 1.71. The average molecular weight is 331 g/mol. The van der Waals surface area contributed by atoms with Crippen LogP contribution in [0.25, 0.3) is 11.1 Å². The van der Waals surface area contributed by atoms with Gasteiger partial charge in [-0.3, -0.25) is 4.79 Å². The Labute approximate surface area is 128 Å². The van der Waals surface area contributed by atoms with E-state index in [1.54, 1.807) is 11.4 Å². The molecule has 0 saturated heterocycles. The van der Waals surface area contributed by atoms with E-state index in [4.69, 9.17) is 5.11 Å². The van der Waals surface area contributed by atoms with Crippen molar-refractivity contribution in [2.24, 2.45) is 0 Å². The van der Waals surface area contributed by atoms with Crippen LogP contribution in [0.4, 0.5) is 13.2 Å². The molecule has 2 aromatic rings. The fourth-order valence-corrected chi connectivity index (χ4v) is 2.54. The molecule has 0 saturated carbocycles. The first kappa shape index (κ1) is 16.3. The summed E-state index contributed by atoms with van der Waals surface area (Å²) < 4.78 is 40.0. The molecule has 118 valence electrons. The Morgan fingerprint density at radius 2 is 1.91 bits per heavy atom. The molecule has 2 N–H and O–H groups in total. The van der Waals surface area contributed by atoms with Gasteiger partial charge in [-0.1, -0.05) is 12.1 Å². The zero-order chi connectivity index (χ0) is 16.2. The van der Waals surface area contributed by atoms with Crippen molar-refractivity contribution in [3.05, 3.63) is 40.6 Å². The molecule has 0 spiro atoms. The van der Waals surface area contributed by atoms with Crippen molar-refractivity contribution in [1.82, 2.24) is 5.32 Å². The van der Waals surface area contributed by atoms with E-state index in [-0.39, 0.29) is 24.8 Å². The van der Waals surface area contributed by atoms with Gasteiger partial charge in [0, 0.05) is 6.54 Å². The van der Waals surface area contributed by atoms with E-state index in [9.17, 15) is 18.0 Å². The zero-order valence-corrected chi connectivity index (χ0v) is 12.0. The summed E-state index contributed by atoms with van der Waals surface area (Å²) in [4.78, 5) is 12.2. The number of ether oxygens (including phenoxy) is 1. The predicted molar refractivity (Wildman–Crippen MR) is 75.9 cm³/mol. The molecule has 8 heteroatoms. The van der Waals surface area contributed by atoms with Crippen LogP contribution >= 0.6 is 11.3 Å². The van der Waals surface area contributed by atoms with Crippen molar-refractivity contribution in [2.75, 3.05) is 13.2 Å². The highest BCUT2D eigenvalue weighted by molar-refractivity contribution is 7.12. The highest BCUT2D eigenvalue weighted by Crippen LogP contribution is 2.29. The van der Waals surface area contributed by atoms with E-state index in [0.29, 0.717) is 10.4 Å². The summed E-state index contributed by atoms with van der Waals surface area (Å²) in [5, 5.41) is 12.9. The molecule has 0 aliphatic heterocycles. The highest BCUT2D eigenvalue weighted by Gasteiger charge is 2.30. The SMILES string of the molecule is O=C(NCCO)c1cc(-c2ccc(OC(F)(F)F)cc2)cs1. The standard InChI is InChI=1S/C14H12F3NO3S/c15-14(16,17)21-11-3-1-9(2-4-11)10-7-12(22-8-10)13(20)18-5-6-19/h1-4,7-8,19H,5-6H2,(H,18,20). The van der Waals surface area contributed by atoms with Gasteiger partial charge >= 0.3 is 6.36 Å². The minimum Gasteiger partial charge on any atom is -0.406 e. The number of amides is 1. The van der Waals surface area contributed by atoms with Gasteiger partial charge in [-0.15, -0.1) is 24.5 Å². The molecular formula is C14H12F3NO3S. The summed E-state index contributed by atoms with van der Waals surface area (Å²) in [6, 6.07) is 7.03. The van der Waals surface area contributed by atoms with E-state index in [0.717, 1.165) is 5.56 Å². The van der Waals surface area contributed by atoms with Crippen LogP contribution in [0.1, 0.15) is 9.67 Å². The maximum atomic E-state index is 12.1. The minimum absolute atomic E-state index is 0.148. The summed E-state index contributed by atoms with van der Waals surface area (Å²) in [6.07, 6.45) is -4.72. The lowest BCUT2D eigenvalue weighted by Gasteiger charge is -2.08. The third kappa shape index (κ3) is 4.47. The van der Waals surface area contributed by atoms with Gasteiger partial charge in [0.2, 0.25) is 0 Å². The van der Waals surface area contributed by atoms with E-state index in [1.165, 1.54) is 35.6 Å². The summed E-state index contributed by atoms with van der Waals surface area (Å²) in [5.74, 6) is -0.602. The smallest absolute Gasteiger partial charge is 0.406 e. The normalized spacial score (nSPS) is 11.3. The number of carbonyl (C=O) groups excluding carboxylic acids is 1. The number of carbonyl (C=O) groups is 1. The van der Waals surface area contributed by atoms with Crippen LogP contribution < -0.4 is 10.1 Å². The van der Waals surface area contributed by atoms with Gasteiger partial charge in [-0.05, 0) is 34.7 Å². The molecule has 1 amide bonds. The number of hydrogen-bond acceptors (Lipinski definition) is 4. The maximum absolute atomic E-state index is 12.1. The lowest BCUT2D eigenvalue weighted by Crippen LogP contribution is -2.25. The van der Waals surface area contributed by atoms with E-state index in [2.05, 4.69) is 10.1 Å². The quantitative estimate of drug-likeness (QED) is 0.885. The van der Waals surface area contributed by atoms with Crippen molar-refractivity contribution >= 4 is 17.2 Å². The Morgan fingerprint density at radius 3 is 2.50 bits per heavy atom. The maximum Gasteiger partial charge on any atom is 0.573 e. The average Bonchev–Trinajstić information content (AvgIpc) is 2.93. The van der Waals surface area contributed by atoms with Crippen molar-refractivity contribution in [3.8, 4) is 16.9 Å². The first-order valence-electron chi connectivity index (χ1n) is 6.23. The number of aliphatic hydroxyl groups is 1. The lowest BCUT2D eigenvalue weighted by molar-refractivity contribution is -0.274. The van der Waals surface area contributed by atoms with E-state index >= 15 is 0 Å². The molecule has 0 aliphatic rings. The Morgan fingerprint density at radius 1 is 1.23 bits per heavy atom. The number of hydrogen-bond donors (Lipinski definition) is 2. The molecular weight excluding hydrogens is 319 g/mol. The van der Waals surface area contributed by atoms with Gasteiger partial charge in [0.25, 0.3) is 5.91 Å². The molecule has 0 unspecified atom stereocenters. The molecule has 0 aliphatic carbocycles. The second-order valence-electron chi connectivity index (χ2n) is 4.25. The molecule has 4 nitrogen and oxygen atoms in total. The largest absolute Gasteiger partial charge is 0.573 e. The fraction of sp³-hybridized carbons (Fsp3) is 0.214. The zero-order valence-electron chi connectivity index (χ0n) is 11.2. The van der Waals surface area contributed by atoms with Crippen molar-refractivity contribution in [3.63, 3.8) is 0 Å². The van der Waals surface area contributed by atoms with Gasteiger partial charge in [0.1, 0.15) is 5.75 Å². The van der Waals surface area contributed by atoms with Gasteiger partial charge in [-0.25, -0.2) is 0 Å².